The highest BCUT2D eigenvalue weighted by molar-refractivity contribution is 5.94. The smallest absolute Gasteiger partial charge is 0.341 e. The van der Waals surface area contributed by atoms with Crippen molar-refractivity contribution in [3.63, 3.8) is 0 Å². The van der Waals surface area contributed by atoms with Gasteiger partial charge in [0, 0.05) is 37.5 Å². The maximum Gasteiger partial charge on any atom is 0.341 e. The number of piperidine rings is 1. The van der Waals surface area contributed by atoms with Crippen LogP contribution in [-0.2, 0) is 4.84 Å². The minimum Gasteiger partial charge on any atom is -0.477 e. The molecule has 30 heavy (non-hydrogen) atoms. The number of pyridine rings is 1. The van der Waals surface area contributed by atoms with Crippen LogP contribution in [0.25, 0.3) is 10.9 Å². The molecular formula is C20H22F2N4O4. The second-order valence-corrected chi connectivity index (χ2v) is 7.53. The van der Waals surface area contributed by atoms with E-state index in [-0.39, 0.29) is 17.5 Å². The maximum absolute atomic E-state index is 15.0. The molecule has 2 fully saturated rings. The molecule has 1 unspecified atom stereocenters. The van der Waals surface area contributed by atoms with Crippen LogP contribution in [0.4, 0.5) is 14.5 Å². The predicted molar refractivity (Wildman–Crippen MR) is 108 cm³/mol. The van der Waals surface area contributed by atoms with Crippen molar-refractivity contribution in [2.45, 2.75) is 38.0 Å². The van der Waals surface area contributed by atoms with E-state index in [1.54, 1.807) is 4.90 Å². The van der Waals surface area contributed by atoms with Crippen molar-refractivity contribution in [1.82, 2.24) is 4.57 Å². The van der Waals surface area contributed by atoms with Gasteiger partial charge in [0.2, 0.25) is 5.43 Å². The molecule has 3 atom stereocenters. The zero-order chi connectivity index (χ0) is 21.6. The Morgan fingerprint density at radius 3 is 2.77 bits per heavy atom. The van der Waals surface area contributed by atoms with Crippen molar-refractivity contribution in [2.75, 3.05) is 24.6 Å². The standard InChI is InChI=1S/C20H22F2N4O4/c1-2-30-24-15-3-4-25(9-14(15)23)17-7-16-10(5-12(17)21)19(27)11(20(28)29)8-26(16)18-6-13(18)22/h5,7-8,13-14,18H,2-4,6,9,23H2,1H3,(H,28,29)/t13-,14?,18+/m0/s1. The minimum absolute atomic E-state index is 0.0878. The zero-order valence-electron chi connectivity index (χ0n) is 16.3. The van der Waals surface area contributed by atoms with Crippen molar-refractivity contribution < 1.29 is 23.5 Å². The molecule has 160 valence electrons. The number of rotatable bonds is 5. The lowest BCUT2D eigenvalue weighted by Crippen LogP contribution is -2.49. The van der Waals surface area contributed by atoms with Crippen LogP contribution in [0, 0.1) is 5.82 Å². The summed E-state index contributed by atoms with van der Waals surface area (Å²) in [6, 6.07) is 1.48. The lowest BCUT2D eigenvalue weighted by atomic mass is 10.0. The van der Waals surface area contributed by atoms with E-state index in [1.165, 1.54) is 10.6 Å². The van der Waals surface area contributed by atoms with Crippen LogP contribution in [0.3, 0.4) is 0 Å². The molecule has 0 amide bonds. The number of anilines is 1. The summed E-state index contributed by atoms with van der Waals surface area (Å²) < 4.78 is 30.2. The summed E-state index contributed by atoms with van der Waals surface area (Å²) in [7, 11) is 0. The summed E-state index contributed by atoms with van der Waals surface area (Å²) in [4.78, 5) is 30.8. The summed E-state index contributed by atoms with van der Waals surface area (Å²) in [5, 5.41) is 13.2. The molecule has 3 N–H and O–H groups in total. The van der Waals surface area contributed by atoms with Gasteiger partial charge in [0.25, 0.3) is 0 Å². The number of carbonyl (C=O) groups is 1. The number of hydrogen-bond acceptors (Lipinski definition) is 6. The number of carboxylic acid groups (broad SMARTS) is 1. The molecule has 1 aliphatic heterocycles. The second kappa shape index (κ2) is 7.67. The number of aromatic carboxylic acids is 1. The summed E-state index contributed by atoms with van der Waals surface area (Å²) >= 11 is 0. The fourth-order valence-corrected chi connectivity index (χ4v) is 3.82. The van der Waals surface area contributed by atoms with Gasteiger partial charge in [-0.1, -0.05) is 5.16 Å². The number of benzene rings is 1. The van der Waals surface area contributed by atoms with Gasteiger partial charge in [0.1, 0.15) is 24.2 Å². The Labute approximate surface area is 170 Å². The quantitative estimate of drug-likeness (QED) is 0.717. The van der Waals surface area contributed by atoms with E-state index >= 15 is 0 Å². The first kappa shape index (κ1) is 20.3. The van der Waals surface area contributed by atoms with E-state index in [2.05, 4.69) is 5.16 Å². The van der Waals surface area contributed by atoms with Crippen LogP contribution >= 0.6 is 0 Å². The van der Waals surface area contributed by atoms with Gasteiger partial charge in [-0.15, -0.1) is 0 Å². The Hall–Kier alpha value is -3.01. The van der Waals surface area contributed by atoms with Crippen LogP contribution in [-0.4, -0.2) is 53.3 Å². The van der Waals surface area contributed by atoms with Gasteiger partial charge in [0.15, 0.2) is 0 Å². The van der Waals surface area contributed by atoms with Crippen molar-refractivity contribution in [3.05, 3.63) is 39.9 Å². The Morgan fingerprint density at radius 1 is 1.43 bits per heavy atom. The molecule has 10 heteroatoms. The van der Waals surface area contributed by atoms with Gasteiger partial charge in [0.05, 0.1) is 29.0 Å². The highest BCUT2D eigenvalue weighted by atomic mass is 19.1. The van der Waals surface area contributed by atoms with E-state index in [0.717, 1.165) is 12.3 Å². The van der Waals surface area contributed by atoms with Gasteiger partial charge in [-0.2, -0.15) is 0 Å². The fraction of sp³-hybridized carbons (Fsp3) is 0.450. The molecule has 1 saturated carbocycles. The number of fused-ring (bicyclic) bond motifs is 1. The summed E-state index contributed by atoms with van der Waals surface area (Å²) in [6.45, 7) is 2.97. The average Bonchev–Trinajstić information content (AvgIpc) is 3.43. The number of nitrogens with two attached hydrogens (primary N) is 1. The van der Waals surface area contributed by atoms with Gasteiger partial charge in [-0.05, 0) is 19.1 Å². The van der Waals surface area contributed by atoms with E-state index < -0.39 is 41.0 Å². The lowest BCUT2D eigenvalue weighted by Gasteiger charge is -2.33. The first-order valence-electron chi connectivity index (χ1n) is 9.76. The van der Waals surface area contributed by atoms with E-state index in [1.807, 2.05) is 6.92 Å². The molecule has 8 nitrogen and oxygen atoms in total. The summed E-state index contributed by atoms with van der Waals surface area (Å²) in [5.74, 6) is -2.10. The molecule has 2 aliphatic rings. The monoisotopic (exact) mass is 420 g/mol. The second-order valence-electron chi connectivity index (χ2n) is 7.53. The van der Waals surface area contributed by atoms with E-state index in [9.17, 15) is 23.5 Å². The van der Waals surface area contributed by atoms with E-state index in [4.69, 9.17) is 10.6 Å². The van der Waals surface area contributed by atoms with Crippen LogP contribution in [0.1, 0.15) is 36.2 Å². The average molecular weight is 420 g/mol. The Balaban J connectivity index is 1.78. The Kier molecular flexibility index (Phi) is 5.19. The number of halogens is 2. The Morgan fingerprint density at radius 2 is 2.17 bits per heavy atom. The first-order chi connectivity index (χ1) is 14.3. The van der Waals surface area contributed by atoms with Gasteiger partial charge < -0.3 is 25.1 Å². The predicted octanol–water partition coefficient (Wildman–Crippen LogP) is 2.05. The van der Waals surface area contributed by atoms with Crippen LogP contribution < -0.4 is 16.1 Å². The fourth-order valence-electron chi connectivity index (χ4n) is 3.82. The Bertz CT molecular complexity index is 1100. The molecule has 2 heterocycles. The van der Waals surface area contributed by atoms with Gasteiger partial charge in [-0.3, -0.25) is 4.79 Å². The van der Waals surface area contributed by atoms with Gasteiger partial charge >= 0.3 is 5.97 Å². The normalized spacial score (nSPS) is 25.0. The number of alkyl halides is 1. The van der Waals surface area contributed by atoms with E-state index in [0.29, 0.717) is 37.3 Å². The highest BCUT2D eigenvalue weighted by Crippen LogP contribution is 2.41. The maximum atomic E-state index is 15.0. The van der Waals surface area contributed by atoms with Crippen LogP contribution in [0.15, 0.2) is 28.3 Å². The molecule has 1 aliphatic carbocycles. The topological polar surface area (TPSA) is 110 Å². The molecule has 1 saturated heterocycles. The lowest BCUT2D eigenvalue weighted by molar-refractivity contribution is 0.0694. The largest absolute Gasteiger partial charge is 0.477 e. The van der Waals surface area contributed by atoms with Crippen molar-refractivity contribution in [3.8, 4) is 0 Å². The summed E-state index contributed by atoms with van der Waals surface area (Å²) in [6.07, 6.45) is 0.716. The zero-order valence-corrected chi connectivity index (χ0v) is 16.3. The first-order valence-corrected chi connectivity index (χ1v) is 9.76. The molecular weight excluding hydrogens is 398 g/mol. The minimum atomic E-state index is -1.43. The third kappa shape index (κ3) is 3.51. The molecule has 1 aromatic carbocycles. The molecule has 2 aromatic rings. The van der Waals surface area contributed by atoms with Crippen molar-refractivity contribution in [1.29, 1.82) is 0 Å². The number of oxime groups is 1. The number of nitrogens with zero attached hydrogens (tertiary/aromatic N) is 3. The molecule has 0 spiro atoms. The van der Waals surface area contributed by atoms with Gasteiger partial charge in [-0.25, -0.2) is 13.6 Å². The number of hydrogen-bond donors (Lipinski definition) is 2. The number of carboxylic acids is 1. The highest BCUT2D eigenvalue weighted by Gasteiger charge is 2.40. The number of aromatic nitrogens is 1. The summed E-state index contributed by atoms with van der Waals surface area (Å²) in [5.41, 5.74) is 6.06. The molecule has 0 bridgehead atoms. The molecule has 1 aromatic heterocycles. The van der Waals surface area contributed by atoms with Crippen molar-refractivity contribution >= 4 is 28.3 Å². The van der Waals surface area contributed by atoms with Crippen LogP contribution in [0.5, 0.6) is 0 Å². The molecule has 0 radical (unpaired) electrons. The third-order valence-electron chi connectivity index (χ3n) is 5.50. The third-order valence-corrected chi connectivity index (χ3v) is 5.50. The molecule has 4 rings (SSSR count). The van der Waals surface area contributed by atoms with Crippen molar-refractivity contribution in [2.24, 2.45) is 10.9 Å². The SMILES string of the molecule is CCON=C1CCN(c2cc3c(cc2F)c(=O)c(C(=O)O)cn3[C@@H]2C[C@@H]2F)CC1N. The van der Waals surface area contributed by atoms with Crippen LogP contribution in [0.2, 0.25) is 0 Å².